The molecule has 0 saturated carbocycles. The molecular weight excluding hydrogens is 312 g/mol. The molecule has 1 atom stereocenters. The number of benzene rings is 1. The number of carbonyl (C=O) groups is 1. The summed E-state index contributed by atoms with van der Waals surface area (Å²) < 4.78 is 0. The van der Waals surface area contributed by atoms with Gasteiger partial charge in [-0.3, -0.25) is 4.79 Å². The van der Waals surface area contributed by atoms with Gasteiger partial charge < -0.3 is 4.90 Å². The van der Waals surface area contributed by atoms with Crippen molar-refractivity contribution in [1.82, 2.24) is 4.90 Å². The van der Waals surface area contributed by atoms with Gasteiger partial charge in [-0.25, -0.2) is 0 Å². The van der Waals surface area contributed by atoms with Crippen molar-refractivity contribution < 1.29 is 4.79 Å². The molecule has 1 unspecified atom stereocenters. The van der Waals surface area contributed by atoms with E-state index < -0.39 is 0 Å². The molecule has 1 amide bonds. The number of nitrogens with zero attached hydrogens (tertiary/aromatic N) is 2. The Kier molecular flexibility index (Phi) is 4.81. The van der Waals surface area contributed by atoms with Crippen LogP contribution in [0.25, 0.3) is 0 Å². The summed E-state index contributed by atoms with van der Waals surface area (Å²) in [6, 6.07) is 13.2. The lowest BCUT2D eigenvalue weighted by Crippen LogP contribution is -2.32. The Hall–Kier alpha value is -1.77. The van der Waals surface area contributed by atoms with Crippen molar-refractivity contribution in [2.24, 2.45) is 0 Å². The van der Waals surface area contributed by atoms with Gasteiger partial charge in [-0.05, 0) is 42.1 Å². The third kappa shape index (κ3) is 3.34. The standard InChI is InChI=1S/C17H16N2OS2/c18-12-13-3-5-14(6-4-13)17(20)19-8-7-16(22-11-9-19)15-2-1-10-21-15/h1-6,10,16H,7-9,11H2. The van der Waals surface area contributed by atoms with Crippen molar-refractivity contribution in [1.29, 1.82) is 5.26 Å². The van der Waals surface area contributed by atoms with Crippen LogP contribution in [0.4, 0.5) is 0 Å². The largest absolute Gasteiger partial charge is 0.338 e. The van der Waals surface area contributed by atoms with Gasteiger partial charge in [-0.2, -0.15) is 17.0 Å². The molecule has 2 heterocycles. The van der Waals surface area contributed by atoms with Crippen molar-refractivity contribution in [3.8, 4) is 6.07 Å². The fourth-order valence-electron chi connectivity index (χ4n) is 2.55. The van der Waals surface area contributed by atoms with E-state index in [4.69, 9.17) is 5.26 Å². The summed E-state index contributed by atoms with van der Waals surface area (Å²) in [6.07, 6.45) is 0.993. The first kappa shape index (κ1) is 15.1. The van der Waals surface area contributed by atoms with Gasteiger partial charge in [0.25, 0.3) is 5.91 Å². The van der Waals surface area contributed by atoms with Gasteiger partial charge in [-0.15, -0.1) is 11.3 Å². The molecule has 1 aromatic heterocycles. The molecule has 0 bridgehead atoms. The first-order valence-electron chi connectivity index (χ1n) is 7.22. The van der Waals surface area contributed by atoms with E-state index >= 15 is 0 Å². The molecule has 22 heavy (non-hydrogen) atoms. The molecule has 1 aliphatic rings. The number of thioether (sulfide) groups is 1. The minimum absolute atomic E-state index is 0.0666. The minimum atomic E-state index is 0.0666. The van der Waals surface area contributed by atoms with Gasteiger partial charge in [0.05, 0.1) is 11.6 Å². The second-order valence-corrected chi connectivity index (χ2v) is 7.43. The maximum Gasteiger partial charge on any atom is 0.253 e. The van der Waals surface area contributed by atoms with Gasteiger partial charge in [-0.1, -0.05) is 6.07 Å². The van der Waals surface area contributed by atoms with Crippen molar-refractivity contribution in [2.75, 3.05) is 18.8 Å². The Labute approximate surface area is 138 Å². The predicted molar refractivity (Wildman–Crippen MR) is 91.2 cm³/mol. The third-order valence-electron chi connectivity index (χ3n) is 3.75. The smallest absolute Gasteiger partial charge is 0.253 e. The molecule has 2 aromatic rings. The fraction of sp³-hybridized carbons (Fsp3) is 0.294. The highest BCUT2D eigenvalue weighted by Gasteiger charge is 2.23. The quantitative estimate of drug-likeness (QED) is 0.839. The Balaban J connectivity index is 1.67. The normalized spacial score (nSPS) is 18.5. The summed E-state index contributed by atoms with van der Waals surface area (Å²) in [5, 5.41) is 11.4. The van der Waals surface area contributed by atoms with E-state index in [1.807, 2.05) is 16.7 Å². The number of hydrogen-bond donors (Lipinski definition) is 0. The first-order chi connectivity index (χ1) is 10.8. The molecule has 1 aliphatic heterocycles. The molecule has 112 valence electrons. The first-order valence-corrected chi connectivity index (χ1v) is 9.15. The summed E-state index contributed by atoms with van der Waals surface area (Å²) in [6.45, 7) is 1.57. The number of rotatable bonds is 2. The van der Waals surface area contributed by atoms with Crippen LogP contribution in [0.3, 0.4) is 0 Å². The van der Waals surface area contributed by atoms with Gasteiger partial charge in [0.1, 0.15) is 0 Å². The number of hydrogen-bond acceptors (Lipinski definition) is 4. The lowest BCUT2D eigenvalue weighted by Gasteiger charge is -2.20. The van der Waals surface area contributed by atoms with Crippen LogP contribution < -0.4 is 0 Å². The van der Waals surface area contributed by atoms with E-state index in [0.29, 0.717) is 16.4 Å². The van der Waals surface area contributed by atoms with Crippen LogP contribution in [0.1, 0.15) is 32.5 Å². The molecule has 1 fully saturated rings. The highest BCUT2D eigenvalue weighted by molar-refractivity contribution is 7.99. The zero-order chi connectivity index (χ0) is 15.4. The van der Waals surface area contributed by atoms with Gasteiger partial charge in [0, 0.05) is 34.5 Å². The summed E-state index contributed by atoms with van der Waals surface area (Å²) in [5.74, 6) is 1.03. The maximum absolute atomic E-state index is 12.6. The SMILES string of the molecule is N#Cc1ccc(C(=O)N2CCSC(c3cccs3)CC2)cc1. The lowest BCUT2D eigenvalue weighted by atomic mass is 10.1. The molecular formula is C17H16N2OS2. The molecule has 0 aliphatic carbocycles. The van der Waals surface area contributed by atoms with Crippen LogP contribution in [0.15, 0.2) is 41.8 Å². The lowest BCUT2D eigenvalue weighted by molar-refractivity contribution is 0.0766. The molecule has 0 N–H and O–H groups in total. The number of nitriles is 1. The highest BCUT2D eigenvalue weighted by atomic mass is 32.2. The molecule has 3 nitrogen and oxygen atoms in total. The van der Waals surface area contributed by atoms with Gasteiger partial charge >= 0.3 is 0 Å². The van der Waals surface area contributed by atoms with E-state index in [1.54, 1.807) is 35.6 Å². The minimum Gasteiger partial charge on any atom is -0.338 e. The number of thiophene rings is 1. The topological polar surface area (TPSA) is 44.1 Å². The molecule has 0 radical (unpaired) electrons. The summed E-state index contributed by atoms with van der Waals surface area (Å²) >= 11 is 3.73. The van der Waals surface area contributed by atoms with Crippen molar-refractivity contribution in [2.45, 2.75) is 11.7 Å². The van der Waals surface area contributed by atoms with Crippen LogP contribution in [0, 0.1) is 11.3 Å². The highest BCUT2D eigenvalue weighted by Crippen LogP contribution is 2.36. The average molecular weight is 328 g/mol. The second-order valence-electron chi connectivity index (χ2n) is 5.14. The fourth-order valence-corrected chi connectivity index (χ4v) is 4.78. The average Bonchev–Trinajstić information content (AvgIpc) is 2.99. The zero-order valence-corrected chi connectivity index (χ0v) is 13.7. The molecule has 1 saturated heterocycles. The third-order valence-corrected chi connectivity index (χ3v) is 6.20. The maximum atomic E-state index is 12.6. The van der Waals surface area contributed by atoms with E-state index in [0.717, 1.165) is 25.3 Å². The Morgan fingerprint density at radius 3 is 2.73 bits per heavy atom. The molecule has 5 heteroatoms. The molecule has 0 spiro atoms. The van der Waals surface area contributed by atoms with Crippen LogP contribution in [-0.4, -0.2) is 29.6 Å². The monoisotopic (exact) mass is 328 g/mol. The Morgan fingerprint density at radius 2 is 2.05 bits per heavy atom. The van der Waals surface area contributed by atoms with Gasteiger partial charge in [0.2, 0.25) is 0 Å². The second kappa shape index (κ2) is 6.99. The summed E-state index contributed by atoms with van der Waals surface area (Å²) in [4.78, 5) is 15.9. The van der Waals surface area contributed by atoms with Crippen molar-refractivity contribution >= 4 is 29.0 Å². The number of carbonyl (C=O) groups excluding carboxylic acids is 1. The molecule has 1 aromatic carbocycles. The Morgan fingerprint density at radius 1 is 1.23 bits per heavy atom. The van der Waals surface area contributed by atoms with Crippen molar-refractivity contribution in [3.63, 3.8) is 0 Å². The summed E-state index contributed by atoms with van der Waals surface area (Å²) in [7, 11) is 0. The van der Waals surface area contributed by atoms with Crippen molar-refractivity contribution in [3.05, 3.63) is 57.8 Å². The zero-order valence-electron chi connectivity index (χ0n) is 12.1. The van der Waals surface area contributed by atoms with Crippen LogP contribution in [-0.2, 0) is 0 Å². The van der Waals surface area contributed by atoms with Crippen LogP contribution >= 0.6 is 23.1 Å². The van der Waals surface area contributed by atoms with E-state index in [9.17, 15) is 4.79 Å². The Bertz CT molecular complexity index is 674. The summed E-state index contributed by atoms with van der Waals surface area (Å²) in [5.41, 5.74) is 1.25. The van der Waals surface area contributed by atoms with E-state index in [2.05, 4.69) is 23.6 Å². The van der Waals surface area contributed by atoms with Gasteiger partial charge in [0.15, 0.2) is 0 Å². The van der Waals surface area contributed by atoms with E-state index in [1.165, 1.54) is 4.88 Å². The molecule has 3 rings (SSSR count). The van der Waals surface area contributed by atoms with Crippen LogP contribution in [0.2, 0.25) is 0 Å². The van der Waals surface area contributed by atoms with E-state index in [-0.39, 0.29) is 5.91 Å². The predicted octanol–water partition coefficient (Wildman–Crippen LogP) is 3.94. The number of amides is 1. The van der Waals surface area contributed by atoms with Crippen LogP contribution in [0.5, 0.6) is 0 Å².